The van der Waals surface area contributed by atoms with Crippen molar-refractivity contribution in [3.8, 4) is 33.6 Å². The maximum absolute atomic E-state index is 12.5. The van der Waals surface area contributed by atoms with Crippen LogP contribution in [0.15, 0.2) is 91.0 Å². The summed E-state index contributed by atoms with van der Waals surface area (Å²) in [6.45, 7) is 1.30. The second-order valence-corrected chi connectivity index (χ2v) is 18.5. The molecule has 0 unspecified atom stereocenters. The van der Waals surface area contributed by atoms with Crippen molar-refractivity contribution >= 4 is 50.5 Å². The molecule has 0 fully saturated rings. The monoisotopic (exact) mass is 629 g/mol. The molecule has 0 aliphatic carbocycles. The Labute approximate surface area is 233 Å². The zero-order valence-corrected chi connectivity index (χ0v) is 25.5. The van der Waals surface area contributed by atoms with Crippen molar-refractivity contribution < 1.29 is 4.79 Å². The minimum absolute atomic E-state index is 0. The van der Waals surface area contributed by atoms with Gasteiger partial charge < -0.3 is 5.73 Å². The Morgan fingerprint density at radius 2 is 1.33 bits per heavy atom. The Morgan fingerprint density at radius 1 is 0.778 bits per heavy atom. The molecule has 1 heterocycles. The summed E-state index contributed by atoms with van der Waals surface area (Å²) in [5.74, 6) is -0.00911. The first-order valence-corrected chi connectivity index (χ1v) is 20.7. The molecular formula is C29H33Cl2N3OSn. The van der Waals surface area contributed by atoms with E-state index < -0.39 is 19.8 Å². The van der Waals surface area contributed by atoms with Crippen molar-refractivity contribution in [2.75, 3.05) is 6.54 Å². The van der Waals surface area contributed by atoms with Gasteiger partial charge in [0.25, 0.3) is 0 Å². The fourth-order valence-electron chi connectivity index (χ4n) is 3.80. The number of aromatic nitrogens is 1. The molecule has 0 spiro atoms. The van der Waals surface area contributed by atoms with Crippen LogP contribution in [0.25, 0.3) is 33.6 Å². The second-order valence-electron chi connectivity index (χ2n) is 8.91. The third kappa shape index (κ3) is 7.81. The predicted octanol–water partition coefficient (Wildman–Crippen LogP) is 6.60. The van der Waals surface area contributed by atoms with E-state index in [1.807, 2.05) is 42.5 Å². The molecule has 188 valence electrons. The molecule has 1 aromatic heterocycles. The summed E-state index contributed by atoms with van der Waals surface area (Å²) in [5.41, 5.74) is 13.6. The fourth-order valence-corrected chi connectivity index (χ4v) is 5.86. The molecule has 0 aliphatic rings. The molecule has 0 radical (unpaired) electrons. The first kappa shape index (κ1) is 29.8. The second kappa shape index (κ2) is 14.4. The summed E-state index contributed by atoms with van der Waals surface area (Å²) >= 11 is -1.30. The van der Waals surface area contributed by atoms with E-state index in [1.165, 1.54) is 4.44 Å². The standard InChI is InChI=1S/C27H24N3O.2CH3.2ClH.Sn.H/c1-2-29-27(31)23-14-12-22(13-15-23)26-17-24(20-10-8-19(18-28)9-11-20)16-25(30-26)21-6-4-3-5-7-21;;;;;;/h3-17H,1-2,18,28H2,(H,29,31);2*1H3;2*1H;;. The third-order valence-electron chi connectivity index (χ3n) is 5.87. The summed E-state index contributed by atoms with van der Waals surface area (Å²) in [7, 11) is 0. The number of nitrogens with two attached hydrogens (primary N) is 1. The van der Waals surface area contributed by atoms with Gasteiger partial charge in [0.05, 0.1) is 0 Å². The number of carbonyl (C=O) groups is 1. The number of nitrogens with zero attached hydrogens (tertiary/aromatic N) is 1. The Morgan fingerprint density at radius 3 is 1.89 bits per heavy atom. The Bertz CT molecular complexity index is 1250. The number of hydrogen-bond donors (Lipinski definition) is 2. The van der Waals surface area contributed by atoms with Crippen LogP contribution in [-0.4, -0.2) is 37.2 Å². The summed E-state index contributed by atoms with van der Waals surface area (Å²) in [4.78, 5) is 22.2. The summed E-state index contributed by atoms with van der Waals surface area (Å²) in [6, 6.07) is 30.5. The molecule has 3 N–H and O–H groups in total. The van der Waals surface area contributed by atoms with Crippen molar-refractivity contribution in [2.45, 2.75) is 20.9 Å². The van der Waals surface area contributed by atoms with Gasteiger partial charge in [0.15, 0.2) is 0 Å². The minimum atomic E-state index is -1.30. The van der Waals surface area contributed by atoms with Gasteiger partial charge in [-0.05, 0) is 5.56 Å². The number of halogens is 2. The summed E-state index contributed by atoms with van der Waals surface area (Å²) < 4.78 is 1.18. The molecule has 0 bridgehead atoms. The van der Waals surface area contributed by atoms with Crippen LogP contribution in [0.2, 0.25) is 14.3 Å². The number of pyridine rings is 1. The van der Waals surface area contributed by atoms with E-state index >= 15 is 0 Å². The van der Waals surface area contributed by atoms with Crippen LogP contribution < -0.4 is 11.1 Å². The van der Waals surface area contributed by atoms with Gasteiger partial charge in [0.1, 0.15) is 0 Å². The molecular weight excluding hydrogens is 596 g/mol. The first-order chi connectivity index (χ1) is 16.5. The number of rotatable bonds is 8. The van der Waals surface area contributed by atoms with Gasteiger partial charge in [-0.1, -0.05) is 54.6 Å². The van der Waals surface area contributed by atoms with Crippen LogP contribution in [-0.2, 0) is 6.54 Å². The van der Waals surface area contributed by atoms with Gasteiger partial charge >= 0.3 is 137 Å². The Kier molecular flexibility index (Phi) is 11.9. The van der Waals surface area contributed by atoms with Gasteiger partial charge in [-0.2, -0.15) is 0 Å². The van der Waals surface area contributed by atoms with E-state index in [0.717, 1.165) is 45.7 Å². The van der Waals surface area contributed by atoms with Gasteiger partial charge in [0.2, 0.25) is 0 Å². The average molecular weight is 629 g/mol. The molecule has 36 heavy (non-hydrogen) atoms. The number of amides is 1. The van der Waals surface area contributed by atoms with Crippen LogP contribution in [0, 0.1) is 0 Å². The zero-order valence-electron chi connectivity index (χ0n) is 20.6. The topological polar surface area (TPSA) is 68.0 Å². The molecule has 0 atom stereocenters. The molecule has 4 aromatic rings. The van der Waals surface area contributed by atoms with Crippen molar-refractivity contribution in [3.05, 3.63) is 102 Å². The molecule has 0 saturated heterocycles. The molecule has 4 nitrogen and oxygen atoms in total. The fraction of sp³-hybridized carbons (Fsp3) is 0.172. The Hall–Kier alpha value is -2.38. The summed E-state index contributed by atoms with van der Waals surface area (Å²) in [5, 5.41) is 3.05. The van der Waals surface area contributed by atoms with Crippen LogP contribution in [0.3, 0.4) is 0 Å². The zero-order chi connectivity index (χ0) is 23.9. The van der Waals surface area contributed by atoms with Crippen molar-refractivity contribution in [3.63, 3.8) is 0 Å². The predicted molar refractivity (Wildman–Crippen MR) is 159 cm³/mol. The Balaban J connectivity index is 0.00000228. The van der Waals surface area contributed by atoms with Gasteiger partial charge in [-0.25, -0.2) is 0 Å². The third-order valence-corrected chi connectivity index (χ3v) is 9.99. The van der Waals surface area contributed by atoms with Gasteiger partial charge in [0, 0.05) is 6.54 Å². The van der Waals surface area contributed by atoms with E-state index in [2.05, 4.69) is 63.7 Å². The van der Waals surface area contributed by atoms with Gasteiger partial charge in [-0.3, -0.25) is 0 Å². The van der Waals surface area contributed by atoms with Gasteiger partial charge in [-0.15, -0.1) is 24.8 Å². The van der Waals surface area contributed by atoms with Crippen molar-refractivity contribution in [2.24, 2.45) is 5.73 Å². The van der Waals surface area contributed by atoms with Crippen LogP contribution in [0.5, 0.6) is 0 Å². The van der Waals surface area contributed by atoms with E-state index in [1.54, 1.807) is 0 Å². The normalized spacial score (nSPS) is 10.3. The van der Waals surface area contributed by atoms with E-state index in [0.29, 0.717) is 12.1 Å². The molecule has 0 saturated carbocycles. The quantitative estimate of drug-likeness (QED) is 0.216. The van der Waals surface area contributed by atoms with Crippen LogP contribution in [0.1, 0.15) is 15.9 Å². The molecule has 7 heteroatoms. The SMILES string of the molecule is Cl.Cl.[CH3][SnH]([CH3])[CH2]CNC(=O)c1ccc(-c2cc(-c3ccc(CN)cc3)cc(-c3ccccc3)n2)cc1. The average Bonchev–Trinajstić information content (AvgIpc) is 2.89. The van der Waals surface area contributed by atoms with E-state index in [9.17, 15) is 4.79 Å². The number of benzene rings is 3. The van der Waals surface area contributed by atoms with Crippen molar-refractivity contribution in [1.82, 2.24) is 10.3 Å². The number of nitrogens with one attached hydrogen (secondary N) is 1. The number of hydrogen-bond acceptors (Lipinski definition) is 3. The van der Waals surface area contributed by atoms with E-state index in [4.69, 9.17) is 10.7 Å². The van der Waals surface area contributed by atoms with Crippen LogP contribution in [0.4, 0.5) is 0 Å². The van der Waals surface area contributed by atoms with Crippen LogP contribution >= 0.6 is 24.8 Å². The molecule has 1 amide bonds. The maximum atomic E-state index is 12.5. The summed E-state index contributed by atoms with van der Waals surface area (Å²) in [6.07, 6.45) is 0. The first-order valence-electron chi connectivity index (χ1n) is 11.8. The van der Waals surface area contributed by atoms with E-state index in [-0.39, 0.29) is 30.7 Å². The van der Waals surface area contributed by atoms with Crippen molar-refractivity contribution in [1.29, 1.82) is 0 Å². The molecule has 4 rings (SSSR count). The molecule has 0 aliphatic heterocycles. The number of carbonyl (C=O) groups excluding carboxylic acids is 1. The molecule has 3 aromatic carbocycles.